The second-order valence-corrected chi connectivity index (χ2v) is 5.17. The van der Waals surface area contributed by atoms with Crippen molar-refractivity contribution in [3.8, 4) is 0 Å². The third-order valence-electron chi connectivity index (χ3n) is 2.71. The maximum absolute atomic E-state index is 11.7. The Kier molecular flexibility index (Phi) is 6.49. The maximum atomic E-state index is 11.7. The molecule has 0 aliphatic rings. The van der Waals surface area contributed by atoms with E-state index in [1.807, 2.05) is 0 Å². The van der Waals surface area contributed by atoms with Gasteiger partial charge in [-0.2, -0.15) is 4.98 Å². The van der Waals surface area contributed by atoms with E-state index in [1.54, 1.807) is 6.92 Å². The summed E-state index contributed by atoms with van der Waals surface area (Å²) in [5, 5.41) is 15.7. The van der Waals surface area contributed by atoms with Gasteiger partial charge in [-0.1, -0.05) is 19.0 Å². The Hall–Kier alpha value is -1.43. The summed E-state index contributed by atoms with van der Waals surface area (Å²) < 4.78 is 4.97. The van der Waals surface area contributed by atoms with E-state index in [9.17, 15) is 9.90 Å². The fourth-order valence-corrected chi connectivity index (χ4v) is 1.89. The molecule has 0 saturated carbocycles. The van der Waals surface area contributed by atoms with Crippen molar-refractivity contribution in [2.45, 2.75) is 52.5 Å². The lowest BCUT2D eigenvalue weighted by molar-refractivity contribution is -0.122. The van der Waals surface area contributed by atoms with E-state index >= 15 is 0 Å². The molecular formula is C13H23N3O3. The molecule has 0 bridgehead atoms. The summed E-state index contributed by atoms with van der Waals surface area (Å²) in [7, 11) is 0. The van der Waals surface area contributed by atoms with Crippen LogP contribution in [0.5, 0.6) is 0 Å². The second-order valence-electron chi connectivity index (χ2n) is 5.17. The molecule has 1 amide bonds. The lowest BCUT2D eigenvalue weighted by Gasteiger charge is -2.18. The number of nitrogens with zero attached hydrogens (tertiary/aromatic N) is 2. The van der Waals surface area contributed by atoms with Gasteiger partial charge >= 0.3 is 0 Å². The lowest BCUT2D eigenvalue weighted by atomic mass is 10.0. The van der Waals surface area contributed by atoms with Crippen molar-refractivity contribution in [1.29, 1.82) is 0 Å². The summed E-state index contributed by atoms with van der Waals surface area (Å²) in [5.74, 6) is 1.57. The molecule has 1 aromatic heterocycles. The third-order valence-corrected chi connectivity index (χ3v) is 2.71. The van der Waals surface area contributed by atoms with Gasteiger partial charge in [0, 0.05) is 12.8 Å². The highest BCUT2D eigenvalue weighted by atomic mass is 16.5. The van der Waals surface area contributed by atoms with Gasteiger partial charge < -0.3 is 14.9 Å². The SMILES string of the molecule is Cc1noc(CCCC(=O)NC(CO)CC(C)C)n1. The third kappa shape index (κ3) is 6.33. The van der Waals surface area contributed by atoms with E-state index in [4.69, 9.17) is 4.52 Å². The molecule has 6 nitrogen and oxygen atoms in total. The number of hydrogen-bond acceptors (Lipinski definition) is 5. The van der Waals surface area contributed by atoms with Gasteiger partial charge in [0.05, 0.1) is 12.6 Å². The Morgan fingerprint density at radius 1 is 1.47 bits per heavy atom. The van der Waals surface area contributed by atoms with Gasteiger partial charge in [0.15, 0.2) is 5.82 Å². The zero-order valence-electron chi connectivity index (χ0n) is 11.8. The standard InChI is InChI=1S/C13H23N3O3/c1-9(2)7-11(8-17)15-12(18)5-4-6-13-14-10(3)16-19-13/h9,11,17H,4-8H2,1-3H3,(H,15,18). The first kappa shape index (κ1) is 15.6. The largest absolute Gasteiger partial charge is 0.394 e. The lowest BCUT2D eigenvalue weighted by Crippen LogP contribution is -2.38. The molecule has 0 aromatic carbocycles. The summed E-state index contributed by atoms with van der Waals surface area (Å²) in [5.41, 5.74) is 0. The van der Waals surface area contributed by atoms with Crippen molar-refractivity contribution in [3.63, 3.8) is 0 Å². The number of amides is 1. The van der Waals surface area contributed by atoms with Crippen LogP contribution in [0.2, 0.25) is 0 Å². The maximum Gasteiger partial charge on any atom is 0.226 e. The molecule has 1 aromatic rings. The first-order valence-corrected chi connectivity index (χ1v) is 6.70. The van der Waals surface area contributed by atoms with Gasteiger partial charge in [-0.25, -0.2) is 0 Å². The van der Waals surface area contributed by atoms with Crippen LogP contribution in [0.15, 0.2) is 4.52 Å². The minimum Gasteiger partial charge on any atom is -0.394 e. The Balaban J connectivity index is 2.23. The van der Waals surface area contributed by atoms with Crippen LogP contribution < -0.4 is 5.32 Å². The van der Waals surface area contributed by atoms with Crippen LogP contribution in [0.3, 0.4) is 0 Å². The van der Waals surface area contributed by atoms with Crippen molar-refractivity contribution in [3.05, 3.63) is 11.7 Å². The smallest absolute Gasteiger partial charge is 0.226 e. The van der Waals surface area contributed by atoms with Crippen LogP contribution in [-0.2, 0) is 11.2 Å². The first-order chi connectivity index (χ1) is 9.01. The van der Waals surface area contributed by atoms with E-state index < -0.39 is 0 Å². The number of carbonyl (C=O) groups excluding carboxylic acids is 1. The molecule has 0 saturated heterocycles. The molecule has 0 fully saturated rings. The number of aliphatic hydroxyl groups is 1. The van der Waals surface area contributed by atoms with E-state index in [1.165, 1.54) is 0 Å². The second kappa shape index (κ2) is 7.89. The number of nitrogens with one attached hydrogen (secondary N) is 1. The van der Waals surface area contributed by atoms with Crippen molar-refractivity contribution in [2.75, 3.05) is 6.61 Å². The highest BCUT2D eigenvalue weighted by Gasteiger charge is 2.13. The van der Waals surface area contributed by atoms with Crippen LogP contribution in [-0.4, -0.2) is 33.8 Å². The molecule has 108 valence electrons. The van der Waals surface area contributed by atoms with Gasteiger partial charge in [0.1, 0.15) is 0 Å². The fraction of sp³-hybridized carbons (Fsp3) is 0.769. The Labute approximate surface area is 113 Å². The van der Waals surface area contributed by atoms with Crippen molar-refractivity contribution < 1.29 is 14.4 Å². The summed E-state index contributed by atoms with van der Waals surface area (Å²) in [4.78, 5) is 15.8. The quantitative estimate of drug-likeness (QED) is 0.741. The highest BCUT2D eigenvalue weighted by Crippen LogP contribution is 2.06. The Morgan fingerprint density at radius 3 is 2.74 bits per heavy atom. The van der Waals surface area contributed by atoms with Crippen LogP contribution in [0.4, 0.5) is 0 Å². The van der Waals surface area contributed by atoms with Crippen molar-refractivity contribution in [2.24, 2.45) is 5.92 Å². The molecule has 1 atom stereocenters. The van der Waals surface area contributed by atoms with E-state index in [0.29, 0.717) is 36.9 Å². The normalized spacial score (nSPS) is 12.7. The number of aliphatic hydroxyl groups excluding tert-OH is 1. The Bertz CT molecular complexity index is 390. The van der Waals surface area contributed by atoms with Gasteiger partial charge in [0.25, 0.3) is 0 Å². The van der Waals surface area contributed by atoms with Gasteiger partial charge in [-0.05, 0) is 25.7 Å². The predicted octanol–water partition coefficient (Wildman–Crippen LogP) is 1.22. The summed E-state index contributed by atoms with van der Waals surface area (Å²) in [6.07, 6.45) is 2.44. The average Bonchev–Trinajstić information content (AvgIpc) is 2.73. The predicted molar refractivity (Wildman–Crippen MR) is 70.4 cm³/mol. The number of hydrogen-bond donors (Lipinski definition) is 2. The first-order valence-electron chi connectivity index (χ1n) is 6.70. The summed E-state index contributed by atoms with van der Waals surface area (Å²) in [6, 6.07) is -0.154. The molecular weight excluding hydrogens is 246 g/mol. The molecule has 1 unspecified atom stereocenters. The zero-order chi connectivity index (χ0) is 14.3. The van der Waals surface area contributed by atoms with Gasteiger partial charge in [-0.3, -0.25) is 4.79 Å². The Morgan fingerprint density at radius 2 is 2.21 bits per heavy atom. The van der Waals surface area contributed by atoms with E-state index in [2.05, 4.69) is 29.3 Å². The molecule has 19 heavy (non-hydrogen) atoms. The number of aryl methyl sites for hydroxylation is 2. The van der Waals surface area contributed by atoms with Crippen LogP contribution >= 0.6 is 0 Å². The number of aromatic nitrogens is 2. The van der Waals surface area contributed by atoms with E-state index in [-0.39, 0.29) is 18.6 Å². The molecule has 6 heteroatoms. The molecule has 1 heterocycles. The molecule has 2 N–H and O–H groups in total. The molecule has 0 aliphatic carbocycles. The van der Waals surface area contributed by atoms with Crippen LogP contribution in [0.25, 0.3) is 0 Å². The van der Waals surface area contributed by atoms with Crippen molar-refractivity contribution >= 4 is 5.91 Å². The molecule has 1 rings (SSSR count). The minimum atomic E-state index is -0.154. The van der Waals surface area contributed by atoms with Gasteiger partial charge in [-0.15, -0.1) is 0 Å². The van der Waals surface area contributed by atoms with Crippen molar-refractivity contribution in [1.82, 2.24) is 15.5 Å². The molecule has 0 aliphatic heterocycles. The monoisotopic (exact) mass is 269 g/mol. The topological polar surface area (TPSA) is 88.2 Å². The molecule has 0 radical (unpaired) electrons. The van der Waals surface area contributed by atoms with Gasteiger partial charge in [0.2, 0.25) is 11.8 Å². The number of carbonyl (C=O) groups is 1. The fourth-order valence-electron chi connectivity index (χ4n) is 1.89. The molecule has 0 spiro atoms. The van der Waals surface area contributed by atoms with Crippen LogP contribution in [0.1, 0.15) is 44.8 Å². The minimum absolute atomic E-state index is 0.0211. The summed E-state index contributed by atoms with van der Waals surface area (Å²) >= 11 is 0. The number of rotatable bonds is 8. The average molecular weight is 269 g/mol. The highest BCUT2D eigenvalue weighted by molar-refractivity contribution is 5.76. The summed E-state index contributed by atoms with van der Waals surface area (Å²) in [6.45, 7) is 5.86. The zero-order valence-corrected chi connectivity index (χ0v) is 11.8. The van der Waals surface area contributed by atoms with E-state index in [0.717, 1.165) is 6.42 Å². The van der Waals surface area contributed by atoms with Crippen LogP contribution in [0, 0.1) is 12.8 Å².